The number of pyridine rings is 1. The molecule has 8 aromatic rings. The van der Waals surface area contributed by atoms with Gasteiger partial charge in [-0.3, -0.25) is 0 Å². The minimum Gasteiger partial charge on any atom is -0.248 e. The maximum atomic E-state index is 5.09. The third kappa shape index (κ3) is 6.96. The summed E-state index contributed by atoms with van der Waals surface area (Å²) in [7, 11) is 0. The Morgan fingerprint density at radius 2 is 0.612 bits per heavy atom. The Hall–Kier alpha value is -6.10. The van der Waals surface area contributed by atoms with Crippen molar-refractivity contribution >= 4 is 11.8 Å². The Kier molecular flexibility index (Phi) is 8.61. The van der Waals surface area contributed by atoms with Crippen LogP contribution in [0.1, 0.15) is 0 Å². The van der Waals surface area contributed by atoms with E-state index in [1.165, 1.54) is 10.5 Å². The van der Waals surface area contributed by atoms with Gasteiger partial charge >= 0.3 is 0 Å². The molecule has 8 rings (SSSR count). The Bertz CT molecular complexity index is 2020. The van der Waals surface area contributed by atoms with Gasteiger partial charge in [0.05, 0.1) is 22.8 Å². The third-order valence-corrected chi connectivity index (χ3v) is 9.38. The van der Waals surface area contributed by atoms with Crippen LogP contribution in [0, 0.1) is 0 Å². The van der Waals surface area contributed by atoms with Crippen molar-refractivity contribution < 1.29 is 0 Å². The minimum absolute atomic E-state index is 0.718. The lowest BCUT2D eigenvalue weighted by Crippen LogP contribution is -1.95. The highest BCUT2D eigenvalue weighted by molar-refractivity contribution is 7.99. The Morgan fingerprint density at radius 3 is 1.04 bits per heavy atom. The molecule has 0 aliphatic heterocycles. The van der Waals surface area contributed by atoms with Gasteiger partial charge in [0.15, 0.2) is 5.82 Å². The van der Waals surface area contributed by atoms with Gasteiger partial charge in [-0.15, -0.1) is 0 Å². The number of hydrogen-bond acceptors (Lipinski definition) is 4. The van der Waals surface area contributed by atoms with Gasteiger partial charge in [0, 0.05) is 37.6 Å². The second-order valence-corrected chi connectivity index (χ2v) is 12.9. The summed E-state index contributed by atoms with van der Waals surface area (Å²) in [5.74, 6) is 0.718. The predicted octanol–water partition coefficient (Wildman–Crippen LogP) is 12.0. The highest BCUT2D eigenvalue weighted by atomic mass is 32.2. The van der Waals surface area contributed by atoms with Gasteiger partial charge in [-0.05, 0) is 53.6 Å². The maximum absolute atomic E-state index is 5.09. The summed E-state index contributed by atoms with van der Waals surface area (Å²) >= 11 is 1.74. The van der Waals surface area contributed by atoms with Gasteiger partial charge in [0.2, 0.25) is 0 Å². The molecule has 3 nitrogen and oxygen atoms in total. The zero-order valence-electron chi connectivity index (χ0n) is 26.6. The van der Waals surface area contributed by atoms with E-state index in [1.54, 1.807) is 11.8 Å². The van der Waals surface area contributed by atoms with Gasteiger partial charge in [0.25, 0.3) is 0 Å². The summed E-state index contributed by atoms with van der Waals surface area (Å²) in [6.07, 6.45) is 0. The predicted molar refractivity (Wildman–Crippen MR) is 203 cm³/mol. The highest BCUT2D eigenvalue weighted by Gasteiger charge is 2.12. The molecule has 49 heavy (non-hydrogen) atoms. The smallest absolute Gasteiger partial charge is 0.160 e. The van der Waals surface area contributed by atoms with Crippen LogP contribution in [0.2, 0.25) is 0 Å². The molecule has 0 bridgehead atoms. The third-order valence-electron chi connectivity index (χ3n) is 8.37. The molecule has 0 aliphatic carbocycles. The Balaban J connectivity index is 1.06. The van der Waals surface area contributed by atoms with E-state index in [1.807, 2.05) is 48.5 Å². The number of benzene rings is 6. The first kappa shape index (κ1) is 30.2. The topological polar surface area (TPSA) is 38.7 Å². The van der Waals surface area contributed by atoms with Crippen molar-refractivity contribution in [2.75, 3.05) is 0 Å². The van der Waals surface area contributed by atoms with Crippen molar-refractivity contribution in [1.82, 2.24) is 15.0 Å². The summed E-state index contributed by atoms with van der Waals surface area (Å²) in [5, 5.41) is 0. The zero-order valence-corrected chi connectivity index (χ0v) is 27.5. The van der Waals surface area contributed by atoms with E-state index in [-0.39, 0.29) is 0 Å². The molecule has 0 unspecified atom stereocenters. The largest absolute Gasteiger partial charge is 0.248 e. The molecule has 0 saturated carbocycles. The van der Waals surface area contributed by atoms with E-state index in [0.29, 0.717) is 0 Å². The fraction of sp³-hybridized carbons (Fsp3) is 0. The van der Waals surface area contributed by atoms with E-state index < -0.39 is 0 Å². The lowest BCUT2D eigenvalue weighted by Gasteiger charge is -2.11. The maximum Gasteiger partial charge on any atom is 0.160 e. The standard InChI is InChI=1S/C45H31N3S/c1-5-13-32(14-6-1)38-29-41(33-15-7-2-8-16-33)46-42(30-38)35-21-25-39(26-22-35)49-40-27-23-36(24-28-40)44-31-43(34-17-9-3-10-18-34)47-45(48-44)37-19-11-4-12-20-37/h1-31H. The molecule has 0 N–H and O–H groups in total. The minimum atomic E-state index is 0.718. The molecule has 6 aromatic carbocycles. The molecule has 0 amide bonds. The summed E-state index contributed by atoms with van der Waals surface area (Å²) in [6.45, 7) is 0. The van der Waals surface area contributed by atoms with Crippen LogP contribution >= 0.6 is 11.8 Å². The summed E-state index contributed by atoms with van der Waals surface area (Å²) < 4.78 is 0. The monoisotopic (exact) mass is 645 g/mol. The van der Waals surface area contributed by atoms with Crippen LogP contribution in [0.4, 0.5) is 0 Å². The molecule has 0 radical (unpaired) electrons. The quantitative estimate of drug-likeness (QED) is 0.165. The fourth-order valence-corrected chi connectivity index (χ4v) is 6.64. The van der Waals surface area contributed by atoms with Crippen molar-refractivity contribution in [2.24, 2.45) is 0 Å². The molecule has 2 aromatic heterocycles. The van der Waals surface area contributed by atoms with Crippen LogP contribution < -0.4 is 0 Å². The van der Waals surface area contributed by atoms with Crippen molar-refractivity contribution in [3.05, 3.63) is 188 Å². The molecular formula is C45H31N3S. The molecule has 0 aliphatic rings. The molecule has 4 heteroatoms. The second kappa shape index (κ2) is 13.9. The Labute approximate surface area is 291 Å². The van der Waals surface area contributed by atoms with Gasteiger partial charge in [-0.25, -0.2) is 15.0 Å². The normalized spacial score (nSPS) is 10.9. The van der Waals surface area contributed by atoms with Crippen molar-refractivity contribution in [1.29, 1.82) is 0 Å². The lowest BCUT2D eigenvalue weighted by atomic mass is 10.00. The van der Waals surface area contributed by atoms with E-state index in [0.717, 1.165) is 66.9 Å². The first-order valence-corrected chi connectivity index (χ1v) is 17.1. The van der Waals surface area contributed by atoms with E-state index in [2.05, 4.69) is 140 Å². The fourth-order valence-electron chi connectivity index (χ4n) is 5.82. The van der Waals surface area contributed by atoms with Crippen molar-refractivity contribution in [3.8, 4) is 67.5 Å². The van der Waals surface area contributed by atoms with Crippen LogP contribution in [0.15, 0.2) is 198 Å². The Morgan fingerprint density at radius 1 is 0.265 bits per heavy atom. The summed E-state index contributed by atoms with van der Waals surface area (Å²) in [6, 6.07) is 65.0. The summed E-state index contributed by atoms with van der Waals surface area (Å²) in [5.41, 5.74) is 11.3. The second-order valence-electron chi connectivity index (χ2n) is 11.7. The molecule has 2 heterocycles. The average Bonchev–Trinajstić information content (AvgIpc) is 3.19. The number of rotatable bonds is 8. The van der Waals surface area contributed by atoms with Crippen LogP contribution in [0.25, 0.3) is 67.5 Å². The lowest BCUT2D eigenvalue weighted by molar-refractivity contribution is 1.18. The van der Waals surface area contributed by atoms with E-state index in [9.17, 15) is 0 Å². The zero-order chi connectivity index (χ0) is 32.8. The molecule has 0 atom stereocenters. The number of nitrogens with zero attached hydrogens (tertiary/aromatic N) is 3. The molecule has 0 saturated heterocycles. The van der Waals surface area contributed by atoms with Crippen LogP contribution in [0.3, 0.4) is 0 Å². The van der Waals surface area contributed by atoms with Crippen LogP contribution in [0.5, 0.6) is 0 Å². The molecule has 232 valence electrons. The molecular weight excluding hydrogens is 615 g/mol. The molecule has 0 fully saturated rings. The van der Waals surface area contributed by atoms with Gasteiger partial charge in [0.1, 0.15) is 0 Å². The first-order valence-electron chi connectivity index (χ1n) is 16.3. The average molecular weight is 646 g/mol. The van der Waals surface area contributed by atoms with Gasteiger partial charge in [-0.1, -0.05) is 157 Å². The van der Waals surface area contributed by atoms with Crippen molar-refractivity contribution in [3.63, 3.8) is 0 Å². The van der Waals surface area contributed by atoms with E-state index in [4.69, 9.17) is 15.0 Å². The highest BCUT2D eigenvalue weighted by Crippen LogP contribution is 2.34. The SMILES string of the molecule is c1ccc(-c2cc(-c3ccccc3)nc(-c3ccc(Sc4ccc(-c5cc(-c6ccccc6)nc(-c6ccccc6)n5)cc4)cc3)c2)cc1. The number of hydrogen-bond donors (Lipinski definition) is 0. The van der Waals surface area contributed by atoms with E-state index >= 15 is 0 Å². The van der Waals surface area contributed by atoms with Crippen LogP contribution in [-0.4, -0.2) is 15.0 Å². The first-order chi connectivity index (χ1) is 24.2. The summed E-state index contributed by atoms with van der Waals surface area (Å²) in [4.78, 5) is 17.3. The van der Waals surface area contributed by atoms with Gasteiger partial charge < -0.3 is 0 Å². The van der Waals surface area contributed by atoms with Gasteiger partial charge in [-0.2, -0.15) is 0 Å². The van der Waals surface area contributed by atoms with Crippen molar-refractivity contribution in [2.45, 2.75) is 9.79 Å². The van der Waals surface area contributed by atoms with Crippen LogP contribution in [-0.2, 0) is 0 Å². The molecule has 0 spiro atoms. The number of aromatic nitrogens is 3.